The van der Waals surface area contributed by atoms with E-state index in [1.165, 1.54) is 5.56 Å². The highest BCUT2D eigenvalue weighted by Crippen LogP contribution is 2.06. The fourth-order valence-electron chi connectivity index (χ4n) is 2.04. The van der Waals surface area contributed by atoms with Crippen molar-refractivity contribution in [2.24, 2.45) is 0 Å². The van der Waals surface area contributed by atoms with Crippen molar-refractivity contribution in [2.75, 3.05) is 6.54 Å². The first-order chi connectivity index (χ1) is 7.75. The number of carbonyl (C=O) groups excluding carboxylic acids is 1. The molecular formula is C13H19ClN2O. The Morgan fingerprint density at radius 1 is 1.53 bits per heavy atom. The smallest absolute Gasteiger partial charge is 0.237 e. The van der Waals surface area contributed by atoms with E-state index in [1.54, 1.807) is 0 Å². The maximum absolute atomic E-state index is 11.7. The molecule has 94 valence electrons. The van der Waals surface area contributed by atoms with Gasteiger partial charge in [-0.25, -0.2) is 0 Å². The van der Waals surface area contributed by atoms with E-state index in [0.717, 1.165) is 24.9 Å². The topological polar surface area (TPSA) is 41.1 Å². The summed E-state index contributed by atoms with van der Waals surface area (Å²) in [6.07, 6.45) is 2.06. The second-order valence-corrected chi connectivity index (χ2v) is 4.36. The fourth-order valence-corrected chi connectivity index (χ4v) is 2.04. The number of rotatable bonds is 3. The number of benzene rings is 1. The van der Waals surface area contributed by atoms with Gasteiger partial charge in [0.15, 0.2) is 0 Å². The molecule has 1 aliphatic heterocycles. The first-order valence-corrected chi connectivity index (χ1v) is 5.82. The molecule has 1 aliphatic rings. The lowest BCUT2D eigenvalue weighted by Gasteiger charge is -2.11. The summed E-state index contributed by atoms with van der Waals surface area (Å²) in [5, 5.41) is 6.16. The van der Waals surface area contributed by atoms with Gasteiger partial charge < -0.3 is 10.6 Å². The van der Waals surface area contributed by atoms with E-state index >= 15 is 0 Å². The van der Waals surface area contributed by atoms with Crippen LogP contribution in [0.25, 0.3) is 0 Å². The molecule has 17 heavy (non-hydrogen) atoms. The van der Waals surface area contributed by atoms with Crippen LogP contribution in [0.5, 0.6) is 0 Å². The third-order valence-electron chi connectivity index (χ3n) is 2.93. The second kappa shape index (κ2) is 6.62. The van der Waals surface area contributed by atoms with Crippen LogP contribution in [0, 0.1) is 6.92 Å². The third kappa shape index (κ3) is 4.02. The quantitative estimate of drug-likeness (QED) is 0.864. The van der Waals surface area contributed by atoms with Crippen LogP contribution in [0.1, 0.15) is 24.0 Å². The third-order valence-corrected chi connectivity index (χ3v) is 2.93. The van der Waals surface area contributed by atoms with Gasteiger partial charge in [-0.3, -0.25) is 4.79 Å². The Hall–Kier alpha value is -1.06. The number of hydrogen-bond donors (Lipinski definition) is 2. The van der Waals surface area contributed by atoms with Crippen LogP contribution in [-0.2, 0) is 11.3 Å². The molecule has 0 bridgehead atoms. The predicted molar refractivity (Wildman–Crippen MR) is 71.3 cm³/mol. The molecule has 0 radical (unpaired) electrons. The zero-order valence-corrected chi connectivity index (χ0v) is 10.8. The Kier molecular flexibility index (Phi) is 5.45. The van der Waals surface area contributed by atoms with Gasteiger partial charge in [-0.05, 0) is 31.9 Å². The van der Waals surface area contributed by atoms with E-state index < -0.39 is 0 Å². The maximum Gasteiger partial charge on any atom is 0.237 e. The lowest BCUT2D eigenvalue weighted by Crippen LogP contribution is -2.39. The highest BCUT2D eigenvalue weighted by molar-refractivity contribution is 5.85. The van der Waals surface area contributed by atoms with Crippen LogP contribution in [0.2, 0.25) is 0 Å². The number of aryl methyl sites for hydroxylation is 1. The normalized spacial score (nSPS) is 18.5. The van der Waals surface area contributed by atoms with E-state index in [4.69, 9.17) is 0 Å². The Morgan fingerprint density at radius 3 is 3.00 bits per heavy atom. The minimum absolute atomic E-state index is 0. The number of carbonyl (C=O) groups is 1. The van der Waals surface area contributed by atoms with Gasteiger partial charge in [0.05, 0.1) is 6.04 Å². The monoisotopic (exact) mass is 254 g/mol. The van der Waals surface area contributed by atoms with E-state index in [-0.39, 0.29) is 24.4 Å². The van der Waals surface area contributed by atoms with Gasteiger partial charge in [0.2, 0.25) is 5.91 Å². The second-order valence-electron chi connectivity index (χ2n) is 4.36. The Labute approximate surface area is 108 Å². The van der Waals surface area contributed by atoms with Crippen molar-refractivity contribution in [1.82, 2.24) is 10.6 Å². The summed E-state index contributed by atoms with van der Waals surface area (Å²) in [4.78, 5) is 11.7. The van der Waals surface area contributed by atoms with Gasteiger partial charge in [0.1, 0.15) is 0 Å². The van der Waals surface area contributed by atoms with Gasteiger partial charge in [0, 0.05) is 6.54 Å². The first-order valence-electron chi connectivity index (χ1n) is 5.82. The van der Waals surface area contributed by atoms with E-state index in [0.29, 0.717) is 6.54 Å². The number of hydrogen-bond acceptors (Lipinski definition) is 2. The molecule has 1 amide bonds. The number of amides is 1. The van der Waals surface area contributed by atoms with Crippen LogP contribution >= 0.6 is 12.4 Å². The molecule has 1 fully saturated rings. The van der Waals surface area contributed by atoms with Crippen molar-refractivity contribution < 1.29 is 4.79 Å². The molecule has 0 aromatic heterocycles. The summed E-state index contributed by atoms with van der Waals surface area (Å²) in [6, 6.07) is 8.23. The summed E-state index contributed by atoms with van der Waals surface area (Å²) in [6.45, 7) is 3.64. The minimum Gasteiger partial charge on any atom is -0.351 e. The van der Waals surface area contributed by atoms with Crippen LogP contribution in [0.15, 0.2) is 24.3 Å². The summed E-state index contributed by atoms with van der Waals surface area (Å²) in [7, 11) is 0. The van der Waals surface area contributed by atoms with Crippen LogP contribution < -0.4 is 10.6 Å². The van der Waals surface area contributed by atoms with E-state index in [2.05, 4.69) is 29.7 Å². The van der Waals surface area contributed by atoms with Crippen LogP contribution in [0.4, 0.5) is 0 Å². The Morgan fingerprint density at radius 2 is 2.35 bits per heavy atom. The summed E-state index contributed by atoms with van der Waals surface area (Å²) in [5.74, 6) is 0.124. The Bertz CT molecular complexity index is 375. The molecule has 1 unspecified atom stereocenters. The minimum atomic E-state index is 0. The number of halogens is 1. The molecule has 4 heteroatoms. The fraction of sp³-hybridized carbons (Fsp3) is 0.462. The SMILES string of the molecule is Cc1cccc(CNC(=O)C2CCCN2)c1.Cl. The largest absolute Gasteiger partial charge is 0.351 e. The molecule has 1 aromatic rings. The molecule has 1 saturated heterocycles. The first kappa shape index (κ1) is 14.0. The van der Waals surface area contributed by atoms with Gasteiger partial charge >= 0.3 is 0 Å². The van der Waals surface area contributed by atoms with Crippen molar-refractivity contribution in [3.05, 3.63) is 35.4 Å². The van der Waals surface area contributed by atoms with Crippen LogP contribution in [0.3, 0.4) is 0 Å². The molecule has 3 nitrogen and oxygen atoms in total. The summed E-state index contributed by atoms with van der Waals surface area (Å²) in [5.41, 5.74) is 2.39. The van der Waals surface area contributed by atoms with Gasteiger partial charge in [-0.1, -0.05) is 29.8 Å². The van der Waals surface area contributed by atoms with Crippen LogP contribution in [-0.4, -0.2) is 18.5 Å². The lowest BCUT2D eigenvalue weighted by atomic mass is 10.1. The standard InChI is InChI=1S/C13H18N2O.ClH/c1-10-4-2-5-11(8-10)9-15-13(16)12-6-3-7-14-12;/h2,4-5,8,12,14H,3,6-7,9H2,1H3,(H,15,16);1H. The molecule has 2 N–H and O–H groups in total. The average Bonchev–Trinajstić information content (AvgIpc) is 2.79. The van der Waals surface area contributed by atoms with Crippen molar-refractivity contribution in [1.29, 1.82) is 0 Å². The molecule has 0 aliphatic carbocycles. The van der Waals surface area contributed by atoms with Gasteiger partial charge in [-0.15, -0.1) is 12.4 Å². The zero-order chi connectivity index (χ0) is 11.4. The molecule has 1 heterocycles. The average molecular weight is 255 g/mol. The van der Waals surface area contributed by atoms with E-state index in [9.17, 15) is 4.79 Å². The predicted octanol–water partition coefficient (Wildman–Crippen LogP) is 1.79. The lowest BCUT2D eigenvalue weighted by molar-refractivity contribution is -0.122. The van der Waals surface area contributed by atoms with Crippen molar-refractivity contribution >= 4 is 18.3 Å². The molecule has 1 atom stereocenters. The zero-order valence-electron chi connectivity index (χ0n) is 10.0. The van der Waals surface area contributed by atoms with Crippen molar-refractivity contribution in [2.45, 2.75) is 32.4 Å². The highest BCUT2D eigenvalue weighted by Gasteiger charge is 2.21. The maximum atomic E-state index is 11.7. The molecule has 0 saturated carbocycles. The molecule has 1 aromatic carbocycles. The summed E-state index contributed by atoms with van der Waals surface area (Å²) >= 11 is 0. The molecule has 0 spiro atoms. The molecular weight excluding hydrogens is 236 g/mol. The summed E-state index contributed by atoms with van der Waals surface area (Å²) < 4.78 is 0. The Balaban J connectivity index is 0.00000144. The molecule has 2 rings (SSSR count). The van der Waals surface area contributed by atoms with Gasteiger partial charge in [-0.2, -0.15) is 0 Å². The van der Waals surface area contributed by atoms with Gasteiger partial charge in [0.25, 0.3) is 0 Å². The van der Waals surface area contributed by atoms with Crippen molar-refractivity contribution in [3.63, 3.8) is 0 Å². The van der Waals surface area contributed by atoms with E-state index in [1.807, 2.05) is 12.1 Å². The highest BCUT2D eigenvalue weighted by atomic mass is 35.5. The number of nitrogens with one attached hydrogen (secondary N) is 2. The van der Waals surface area contributed by atoms with Crippen molar-refractivity contribution in [3.8, 4) is 0 Å².